The lowest BCUT2D eigenvalue weighted by Crippen LogP contribution is -2.45. The molecule has 1 amide bonds. The second-order valence-corrected chi connectivity index (χ2v) is 4.21. The monoisotopic (exact) mass is 287 g/mol. The van der Waals surface area contributed by atoms with Crippen molar-refractivity contribution in [1.29, 1.82) is 0 Å². The van der Waals surface area contributed by atoms with Crippen LogP contribution in [0.1, 0.15) is 18.4 Å². The molecule has 2 unspecified atom stereocenters. The Morgan fingerprint density at radius 3 is 2.35 bits per heavy atom. The van der Waals surface area contributed by atoms with Crippen molar-refractivity contribution in [3.05, 3.63) is 35.4 Å². The molecule has 110 valence electrons. The van der Waals surface area contributed by atoms with E-state index in [-0.39, 0.29) is 6.61 Å². The molecule has 2 N–H and O–H groups in total. The molecule has 0 fully saturated rings. The van der Waals surface area contributed by atoms with E-state index >= 15 is 0 Å². The maximum absolute atomic E-state index is 13.5. The van der Waals surface area contributed by atoms with Gasteiger partial charge >= 0.3 is 5.97 Å². The fourth-order valence-electron chi connectivity index (χ4n) is 1.69. The number of carboxylic acid groups (broad SMARTS) is 1. The van der Waals surface area contributed by atoms with Gasteiger partial charge in [0.05, 0.1) is 12.5 Å². The van der Waals surface area contributed by atoms with Crippen LogP contribution in [0.4, 0.5) is 8.78 Å². The Hall–Kier alpha value is -2.02. The molecule has 20 heavy (non-hydrogen) atoms. The summed E-state index contributed by atoms with van der Waals surface area (Å²) >= 11 is 0. The van der Waals surface area contributed by atoms with Crippen LogP contribution in [-0.4, -0.2) is 36.7 Å². The number of carbonyl (C=O) groups is 2. The van der Waals surface area contributed by atoms with E-state index in [2.05, 4.69) is 10.1 Å². The summed E-state index contributed by atoms with van der Waals surface area (Å²) < 4.78 is 31.7. The summed E-state index contributed by atoms with van der Waals surface area (Å²) in [6, 6.07) is 1.98. The number of ether oxygens (including phenoxy) is 1. The molecule has 0 saturated carbocycles. The van der Waals surface area contributed by atoms with Crippen LogP contribution in [0.3, 0.4) is 0 Å². The number of nitrogens with one attached hydrogen (secondary N) is 1. The minimum absolute atomic E-state index is 0.243. The zero-order valence-electron chi connectivity index (χ0n) is 11.0. The summed E-state index contributed by atoms with van der Waals surface area (Å²) in [6.45, 7) is 1.05. The zero-order chi connectivity index (χ0) is 15.3. The summed E-state index contributed by atoms with van der Waals surface area (Å²) in [4.78, 5) is 22.7. The van der Waals surface area contributed by atoms with Gasteiger partial charge in [-0.05, 0) is 19.1 Å². The van der Waals surface area contributed by atoms with Crippen LogP contribution in [-0.2, 0) is 14.3 Å². The number of halogens is 2. The number of methoxy groups -OCH3 is 1. The van der Waals surface area contributed by atoms with Gasteiger partial charge < -0.3 is 15.2 Å². The summed E-state index contributed by atoms with van der Waals surface area (Å²) in [5.74, 6) is -4.95. The van der Waals surface area contributed by atoms with Crippen molar-refractivity contribution >= 4 is 11.9 Å². The van der Waals surface area contributed by atoms with Gasteiger partial charge in [0.2, 0.25) is 5.91 Å². The van der Waals surface area contributed by atoms with Gasteiger partial charge in [0.1, 0.15) is 11.6 Å². The van der Waals surface area contributed by atoms with Gasteiger partial charge in [-0.2, -0.15) is 0 Å². The number of aliphatic carboxylic acids is 1. The maximum atomic E-state index is 13.5. The molecule has 5 nitrogen and oxygen atoms in total. The fourth-order valence-corrected chi connectivity index (χ4v) is 1.69. The summed E-state index contributed by atoms with van der Waals surface area (Å²) in [7, 11) is 1.28. The number of carbonyl (C=O) groups excluding carboxylic acids is 1. The Morgan fingerprint density at radius 2 is 1.90 bits per heavy atom. The van der Waals surface area contributed by atoms with Crippen LogP contribution in [0, 0.1) is 11.6 Å². The van der Waals surface area contributed by atoms with E-state index in [1.165, 1.54) is 20.1 Å². The Morgan fingerprint density at radius 1 is 1.35 bits per heavy atom. The molecule has 1 aromatic carbocycles. The second-order valence-electron chi connectivity index (χ2n) is 4.21. The summed E-state index contributed by atoms with van der Waals surface area (Å²) in [6.07, 6.45) is 0. The van der Waals surface area contributed by atoms with Crippen molar-refractivity contribution < 1.29 is 28.2 Å². The topological polar surface area (TPSA) is 75.6 Å². The molecule has 0 aliphatic rings. The molecule has 0 aliphatic heterocycles. The molecule has 0 aromatic heterocycles. The SMILES string of the molecule is COCC(NC(=O)C(C)c1c(F)cccc1F)C(=O)O. The average molecular weight is 287 g/mol. The van der Waals surface area contributed by atoms with Gasteiger partial charge in [-0.15, -0.1) is 0 Å². The van der Waals surface area contributed by atoms with Gasteiger partial charge in [0.25, 0.3) is 0 Å². The second kappa shape index (κ2) is 6.95. The van der Waals surface area contributed by atoms with E-state index in [0.717, 1.165) is 12.1 Å². The molecule has 0 radical (unpaired) electrons. The average Bonchev–Trinajstić information content (AvgIpc) is 2.37. The lowest BCUT2D eigenvalue weighted by Gasteiger charge is -2.18. The molecule has 0 spiro atoms. The van der Waals surface area contributed by atoms with Crippen molar-refractivity contribution in [1.82, 2.24) is 5.32 Å². The van der Waals surface area contributed by atoms with E-state index in [1.54, 1.807) is 0 Å². The molecule has 2 atom stereocenters. The van der Waals surface area contributed by atoms with Crippen LogP contribution in [0.5, 0.6) is 0 Å². The first-order chi connectivity index (χ1) is 9.38. The minimum Gasteiger partial charge on any atom is -0.480 e. The number of benzene rings is 1. The third-order valence-electron chi connectivity index (χ3n) is 2.77. The molecule has 0 aliphatic carbocycles. The highest BCUT2D eigenvalue weighted by Crippen LogP contribution is 2.22. The van der Waals surface area contributed by atoms with Gasteiger partial charge in [-0.25, -0.2) is 13.6 Å². The number of carboxylic acids is 1. The standard InChI is InChI=1S/C13H15F2NO4/c1-7(11-8(14)4-3-5-9(11)15)12(17)16-10(6-20-2)13(18)19/h3-5,7,10H,6H2,1-2H3,(H,16,17)(H,18,19). The molecule has 0 bridgehead atoms. The van der Waals surface area contributed by atoms with Crippen molar-refractivity contribution in [2.24, 2.45) is 0 Å². The molecule has 0 heterocycles. The summed E-state index contributed by atoms with van der Waals surface area (Å²) in [5, 5.41) is 11.0. The molecule has 1 aromatic rings. The molecule has 1 rings (SSSR count). The maximum Gasteiger partial charge on any atom is 0.328 e. The van der Waals surface area contributed by atoms with E-state index in [4.69, 9.17) is 5.11 Å². The van der Waals surface area contributed by atoms with Crippen LogP contribution < -0.4 is 5.32 Å². The number of hydrogen-bond acceptors (Lipinski definition) is 3. The minimum atomic E-state index is -1.29. The first-order valence-electron chi connectivity index (χ1n) is 5.84. The lowest BCUT2D eigenvalue weighted by molar-refractivity contribution is -0.143. The van der Waals surface area contributed by atoms with Gasteiger partial charge in [0.15, 0.2) is 6.04 Å². The molecule has 0 saturated heterocycles. The summed E-state index contributed by atoms with van der Waals surface area (Å²) in [5.41, 5.74) is -0.397. The van der Waals surface area contributed by atoms with E-state index in [0.29, 0.717) is 0 Å². The molecular weight excluding hydrogens is 272 g/mol. The Balaban J connectivity index is 2.89. The first kappa shape index (κ1) is 16.0. The lowest BCUT2D eigenvalue weighted by atomic mass is 9.98. The number of amides is 1. The predicted molar refractivity (Wildman–Crippen MR) is 66.2 cm³/mol. The highest BCUT2D eigenvalue weighted by atomic mass is 19.1. The number of rotatable bonds is 6. The van der Waals surface area contributed by atoms with Crippen LogP contribution in [0.2, 0.25) is 0 Å². The van der Waals surface area contributed by atoms with Crippen molar-refractivity contribution in [3.8, 4) is 0 Å². The molecule has 7 heteroatoms. The Kier molecular flexibility index (Phi) is 5.57. The first-order valence-corrected chi connectivity index (χ1v) is 5.84. The predicted octanol–water partition coefficient (Wildman–Crippen LogP) is 1.28. The van der Waals surface area contributed by atoms with Gasteiger partial charge in [-0.3, -0.25) is 4.79 Å². The highest BCUT2D eigenvalue weighted by molar-refractivity contribution is 5.88. The van der Waals surface area contributed by atoms with Crippen molar-refractivity contribution in [3.63, 3.8) is 0 Å². The smallest absolute Gasteiger partial charge is 0.328 e. The van der Waals surface area contributed by atoms with Crippen LogP contribution in [0.25, 0.3) is 0 Å². The fraction of sp³-hybridized carbons (Fsp3) is 0.385. The van der Waals surface area contributed by atoms with E-state index in [1.807, 2.05) is 0 Å². The normalized spacial score (nSPS) is 13.6. The third-order valence-corrected chi connectivity index (χ3v) is 2.77. The van der Waals surface area contributed by atoms with Gasteiger partial charge in [-0.1, -0.05) is 6.07 Å². The van der Waals surface area contributed by atoms with E-state index < -0.39 is 41.0 Å². The van der Waals surface area contributed by atoms with Crippen LogP contribution >= 0.6 is 0 Å². The largest absolute Gasteiger partial charge is 0.480 e. The van der Waals surface area contributed by atoms with Crippen molar-refractivity contribution in [2.75, 3.05) is 13.7 Å². The Bertz CT molecular complexity index is 487. The highest BCUT2D eigenvalue weighted by Gasteiger charge is 2.27. The zero-order valence-corrected chi connectivity index (χ0v) is 11.0. The third kappa shape index (κ3) is 3.74. The van der Waals surface area contributed by atoms with Crippen LogP contribution in [0.15, 0.2) is 18.2 Å². The molecular formula is C13H15F2NO4. The van der Waals surface area contributed by atoms with Crippen molar-refractivity contribution in [2.45, 2.75) is 18.9 Å². The van der Waals surface area contributed by atoms with E-state index in [9.17, 15) is 18.4 Å². The number of hydrogen-bond donors (Lipinski definition) is 2. The Labute approximate surface area is 114 Å². The quantitative estimate of drug-likeness (QED) is 0.826. The van der Waals surface area contributed by atoms with Gasteiger partial charge in [0, 0.05) is 12.7 Å².